The molecule has 0 saturated heterocycles. The molecule has 134 valence electrons. The lowest BCUT2D eigenvalue weighted by molar-refractivity contribution is -0.137. The summed E-state index contributed by atoms with van der Waals surface area (Å²) in [5.41, 5.74) is 2.98. The Morgan fingerprint density at radius 2 is 2.12 bits per heavy atom. The number of benzene rings is 2. The summed E-state index contributed by atoms with van der Waals surface area (Å²) in [7, 11) is 1.91. The van der Waals surface area contributed by atoms with Crippen molar-refractivity contribution in [2.45, 2.75) is 18.9 Å². The van der Waals surface area contributed by atoms with Crippen molar-refractivity contribution in [1.82, 2.24) is 4.57 Å². The summed E-state index contributed by atoms with van der Waals surface area (Å²) in [5.74, 6) is -1.38. The number of aryl methyl sites for hydroxylation is 1. The summed E-state index contributed by atoms with van der Waals surface area (Å²) >= 11 is 0. The smallest absolute Gasteiger partial charge is 0.304 e. The second kappa shape index (κ2) is 6.46. The van der Waals surface area contributed by atoms with Gasteiger partial charge in [0, 0.05) is 41.2 Å². The van der Waals surface area contributed by atoms with Crippen LogP contribution in [0.1, 0.15) is 29.0 Å². The number of rotatable bonds is 4. The van der Waals surface area contributed by atoms with Crippen LogP contribution in [0.4, 0.5) is 4.39 Å². The Labute approximate surface area is 149 Å². The molecule has 1 aliphatic heterocycles. The van der Waals surface area contributed by atoms with Crippen LogP contribution >= 0.6 is 0 Å². The molecule has 1 N–H and O–H groups in total. The SMILES string of the molecule is Cn1cc(C(CC(=O)O)c2cc(F)cc3c2OCOC3)c2ccccc21. The van der Waals surface area contributed by atoms with E-state index in [9.17, 15) is 14.3 Å². The van der Waals surface area contributed by atoms with Gasteiger partial charge in [0.25, 0.3) is 0 Å². The molecule has 3 aromatic rings. The maximum absolute atomic E-state index is 14.2. The number of hydrogen-bond acceptors (Lipinski definition) is 3. The van der Waals surface area contributed by atoms with Crippen molar-refractivity contribution >= 4 is 16.9 Å². The number of hydrogen-bond donors (Lipinski definition) is 1. The number of aliphatic carboxylic acids is 1. The number of para-hydroxylation sites is 1. The Hall–Kier alpha value is -2.86. The lowest BCUT2D eigenvalue weighted by atomic mass is 9.86. The molecule has 26 heavy (non-hydrogen) atoms. The summed E-state index contributed by atoms with van der Waals surface area (Å²) in [4.78, 5) is 11.6. The van der Waals surface area contributed by atoms with E-state index in [1.165, 1.54) is 12.1 Å². The van der Waals surface area contributed by atoms with Crippen LogP contribution in [0.2, 0.25) is 0 Å². The second-order valence-corrected chi connectivity index (χ2v) is 6.46. The van der Waals surface area contributed by atoms with E-state index in [0.717, 1.165) is 16.5 Å². The topological polar surface area (TPSA) is 60.7 Å². The third kappa shape index (κ3) is 2.82. The van der Waals surface area contributed by atoms with Crippen molar-refractivity contribution < 1.29 is 23.8 Å². The average molecular weight is 355 g/mol. The van der Waals surface area contributed by atoms with Crippen LogP contribution in [-0.4, -0.2) is 22.4 Å². The van der Waals surface area contributed by atoms with Crippen LogP contribution in [0, 0.1) is 5.82 Å². The van der Waals surface area contributed by atoms with Gasteiger partial charge in [0.15, 0.2) is 6.79 Å². The van der Waals surface area contributed by atoms with Gasteiger partial charge in [0.2, 0.25) is 0 Å². The van der Waals surface area contributed by atoms with E-state index < -0.39 is 17.7 Å². The van der Waals surface area contributed by atoms with Gasteiger partial charge in [0.05, 0.1) is 13.0 Å². The summed E-state index contributed by atoms with van der Waals surface area (Å²) in [6.07, 6.45) is 1.75. The molecule has 4 rings (SSSR count). The highest BCUT2D eigenvalue weighted by Gasteiger charge is 2.28. The molecular weight excluding hydrogens is 337 g/mol. The third-order valence-electron chi connectivity index (χ3n) is 4.76. The molecule has 0 amide bonds. The third-order valence-corrected chi connectivity index (χ3v) is 4.76. The zero-order valence-corrected chi connectivity index (χ0v) is 14.2. The fourth-order valence-corrected chi connectivity index (χ4v) is 3.68. The molecule has 2 aromatic carbocycles. The number of carboxylic acids is 1. The van der Waals surface area contributed by atoms with Crippen LogP contribution in [0.25, 0.3) is 10.9 Å². The van der Waals surface area contributed by atoms with Crippen LogP contribution in [0.15, 0.2) is 42.6 Å². The number of aromatic nitrogens is 1. The van der Waals surface area contributed by atoms with Crippen molar-refractivity contribution in [3.05, 3.63) is 65.1 Å². The Morgan fingerprint density at radius 1 is 1.31 bits per heavy atom. The fraction of sp³-hybridized carbons (Fsp3) is 0.250. The first-order chi connectivity index (χ1) is 12.5. The Morgan fingerprint density at radius 3 is 2.92 bits per heavy atom. The Kier molecular flexibility index (Phi) is 4.12. The quantitative estimate of drug-likeness (QED) is 0.773. The molecule has 6 heteroatoms. The molecule has 1 atom stereocenters. The van der Waals surface area contributed by atoms with Crippen molar-refractivity contribution in [1.29, 1.82) is 0 Å². The molecule has 1 aromatic heterocycles. The van der Waals surface area contributed by atoms with E-state index in [-0.39, 0.29) is 19.8 Å². The van der Waals surface area contributed by atoms with Gasteiger partial charge in [0.1, 0.15) is 11.6 Å². The van der Waals surface area contributed by atoms with Gasteiger partial charge in [-0.1, -0.05) is 18.2 Å². The van der Waals surface area contributed by atoms with Gasteiger partial charge in [-0.3, -0.25) is 4.79 Å². The zero-order chi connectivity index (χ0) is 18.3. The standard InChI is InChI=1S/C20H18FNO4/c1-22-9-17(14-4-2-3-5-18(14)22)15(8-19(23)24)16-7-13(21)6-12-10-25-11-26-20(12)16/h2-7,9,15H,8,10-11H2,1H3,(H,23,24). The van der Waals surface area contributed by atoms with Crippen molar-refractivity contribution in [2.75, 3.05) is 6.79 Å². The monoisotopic (exact) mass is 355 g/mol. The van der Waals surface area contributed by atoms with E-state index >= 15 is 0 Å². The number of ether oxygens (including phenoxy) is 2. The van der Waals surface area contributed by atoms with Crippen molar-refractivity contribution in [3.63, 3.8) is 0 Å². The number of nitrogens with zero attached hydrogens (tertiary/aromatic N) is 1. The number of carbonyl (C=O) groups is 1. The first-order valence-corrected chi connectivity index (χ1v) is 8.33. The molecular formula is C20H18FNO4. The van der Waals surface area contributed by atoms with Gasteiger partial charge < -0.3 is 19.1 Å². The highest BCUT2D eigenvalue weighted by atomic mass is 19.1. The lowest BCUT2D eigenvalue weighted by Gasteiger charge is -2.25. The van der Waals surface area contributed by atoms with Crippen LogP contribution in [0.5, 0.6) is 5.75 Å². The average Bonchev–Trinajstić information content (AvgIpc) is 2.96. The predicted octanol–water partition coefficient (Wildman–Crippen LogP) is 3.79. The molecule has 0 radical (unpaired) electrons. The van der Waals surface area contributed by atoms with E-state index in [1.807, 2.05) is 42.1 Å². The second-order valence-electron chi connectivity index (χ2n) is 6.46. The normalized spacial score (nSPS) is 14.7. The first-order valence-electron chi connectivity index (χ1n) is 8.33. The van der Waals surface area contributed by atoms with Gasteiger partial charge in [-0.25, -0.2) is 4.39 Å². The van der Waals surface area contributed by atoms with Gasteiger partial charge >= 0.3 is 5.97 Å². The minimum absolute atomic E-state index is 0.0704. The van der Waals surface area contributed by atoms with E-state index in [0.29, 0.717) is 16.9 Å². The maximum Gasteiger partial charge on any atom is 0.304 e. The van der Waals surface area contributed by atoms with Crippen molar-refractivity contribution in [3.8, 4) is 5.75 Å². The summed E-state index contributed by atoms with van der Waals surface area (Å²) in [6, 6.07) is 10.5. The van der Waals surface area contributed by atoms with E-state index in [4.69, 9.17) is 9.47 Å². The van der Waals surface area contributed by atoms with Crippen LogP contribution in [-0.2, 0) is 23.2 Å². The van der Waals surface area contributed by atoms with Gasteiger partial charge in [-0.05, 0) is 23.8 Å². The summed E-state index contributed by atoms with van der Waals surface area (Å²) < 4.78 is 27.0. The molecule has 0 saturated carbocycles. The first kappa shape index (κ1) is 16.6. The minimum Gasteiger partial charge on any atom is -0.481 e. The lowest BCUT2D eigenvalue weighted by Crippen LogP contribution is -2.17. The summed E-state index contributed by atoms with van der Waals surface area (Å²) in [5, 5.41) is 10.4. The Balaban J connectivity index is 1.94. The minimum atomic E-state index is -0.951. The fourth-order valence-electron chi connectivity index (χ4n) is 3.68. The molecule has 5 nitrogen and oxygen atoms in total. The number of halogens is 1. The molecule has 0 fully saturated rings. The molecule has 0 spiro atoms. The molecule has 0 aliphatic carbocycles. The predicted molar refractivity (Wildman–Crippen MR) is 93.7 cm³/mol. The molecule has 2 heterocycles. The molecule has 1 aliphatic rings. The van der Waals surface area contributed by atoms with E-state index in [2.05, 4.69) is 0 Å². The van der Waals surface area contributed by atoms with Crippen LogP contribution < -0.4 is 4.74 Å². The maximum atomic E-state index is 14.2. The van der Waals surface area contributed by atoms with E-state index in [1.54, 1.807) is 0 Å². The number of carboxylic acid groups (broad SMARTS) is 1. The van der Waals surface area contributed by atoms with Gasteiger partial charge in [-0.15, -0.1) is 0 Å². The van der Waals surface area contributed by atoms with Gasteiger partial charge in [-0.2, -0.15) is 0 Å². The highest BCUT2D eigenvalue weighted by Crippen LogP contribution is 2.41. The Bertz CT molecular complexity index is 995. The highest BCUT2D eigenvalue weighted by molar-refractivity contribution is 5.86. The zero-order valence-electron chi connectivity index (χ0n) is 14.2. The number of fused-ring (bicyclic) bond motifs is 2. The molecule has 1 unspecified atom stereocenters. The summed E-state index contributed by atoms with van der Waals surface area (Å²) in [6.45, 7) is 0.316. The molecule has 0 bridgehead atoms. The van der Waals surface area contributed by atoms with Crippen molar-refractivity contribution in [2.24, 2.45) is 7.05 Å². The van der Waals surface area contributed by atoms with Crippen LogP contribution in [0.3, 0.4) is 0 Å². The largest absolute Gasteiger partial charge is 0.481 e.